The van der Waals surface area contributed by atoms with Crippen molar-refractivity contribution in [1.82, 2.24) is 15.3 Å². The summed E-state index contributed by atoms with van der Waals surface area (Å²) in [6.45, 7) is 4.53. The zero-order valence-electron chi connectivity index (χ0n) is 9.91. The molecule has 0 aromatic heterocycles. The smallest absolute Gasteiger partial charge is 0.0474 e. The number of nitrogens with zero attached hydrogens (tertiary/aromatic N) is 2. The third kappa shape index (κ3) is 2.50. The van der Waals surface area contributed by atoms with Crippen LogP contribution in [0.1, 0.15) is 19.3 Å². The van der Waals surface area contributed by atoms with E-state index in [4.69, 9.17) is 4.74 Å². The van der Waals surface area contributed by atoms with Gasteiger partial charge < -0.3 is 9.64 Å². The quantitative estimate of drug-likeness (QED) is 0.665. The van der Waals surface area contributed by atoms with Crippen LogP contribution in [0.2, 0.25) is 0 Å². The topological polar surface area (TPSA) is 27.7 Å². The number of rotatable bonds is 5. The summed E-state index contributed by atoms with van der Waals surface area (Å²) in [5.74, 6) is 0. The first kappa shape index (κ1) is 11.3. The predicted molar refractivity (Wildman–Crippen MR) is 60.6 cm³/mol. The van der Waals surface area contributed by atoms with Crippen molar-refractivity contribution in [3.8, 4) is 0 Å². The molecule has 0 amide bonds. The van der Waals surface area contributed by atoms with Crippen molar-refractivity contribution in [3.63, 3.8) is 0 Å². The van der Waals surface area contributed by atoms with E-state index in [1.807, 2.05) is 7.05 Å². The van der Waals surface area contributed by atoms with Gasteiger partial charge in [0.2, 0.25) is 0 Å². The summed E-state index contributed by atoms with van der Waals surface area (Å²) in [7, 11) is 3.83. The van der Waals surface area contributed by atoms with Gasteiger partial charge in [0.05, 0.1) is 0 Å². The van der Waals surface area contributed by atoms with E-state index in [1.165, 1.54) is 32.5 Å². The summed E-state index contributed by atoms with van der Waals surface area (Å²) in [4.78, 5) is 2.59. The monoisotopic (exact) mass is 213 g/mol. The van der Waals surface area contributed by atoms with Gasteiger partial charge in [-0.3, -0.25) is 5.43 Å². The first-order valence-corrected chi connectivity index (χ1v) is 6.02. The van der Waals surface area contributed by atoms with Gasteiger partial charge in [-0.15, -0.1) is 0 Å². The normalized spacial score (nSPS) is 32.4. The van der Waals surface area contributed by atoms with Gasteiger partial charge in [0.15, 0.2) is 0 Å². The van der Waals surface area contributed by atoms with Gasteiger partial charge in [-0.25, -0.2) is 5.01 Å². The zero-order valence-corrected chi connectivity index (χ0v) is 9.91. The molecule has 0 radical (unpaired) electrons. The van der Waals surface area contributed by atoms with Crippen LogP contribution in [0.3, 0.4) is 0 Å². The van der Waals surface area contributed by atoms with Gasteiger partial charge in [-0.05, 0) is 26.3 Å². The lowest BCUT2D eigenvalue weighted by atomic mass is 10.2. The van der Waals surface area contributed by atoms with Gasteiger partial charge in [-0.1, -0.05) is 0 Å². The number of fused-ring (bicyclic) bond motifs is 2. The maximum Gasteiger partial charge on any atom is 0.0474 e. The number of ether oxygens (including phenoxy) is 1. The summed E-state index contributed by atoms with van der Waals surface area (Å²) in [6, 6.07) is 1.47. The highest BCUT2D eigenvalue weighted by molar-refractivity contribution is 4.93. The molecule has 4 heteroatoms. The Labute approximate surface area is 92.5 Å². The molecule has 2 bridgehead atoms. The highest BCUT2D eigenvalue weighted by Gasteiger charge is 2.38. The molecule has 2 saturated heterocycles. The Morgan fingerprint density at radius 1 is 1.27 bits per heavy atom. The minimum absolute atomic E-state index is 0.733. The third-order valence-electron chi connectivity index (χ3n) is 3.64. The van der Waals surface area contributed by atoms with Crippen molar-refractivity contribution in [1.29, 1.82) is 0 Å². The molecule has 0 spiro atoms. The molecule has 2 aliphatic heterocycles. The Bertz CT molecular complexity index is 186. The van der Waals surface area contributed by atoms with E-state index in [9.17, 15) is 0 Å². The van der Waals surface area contributed by atoms with E-state index in [0.717, 1.165) is 25.1 Å². The average molecular weight is 213 g/mol. The van der Waals surface area contributed by atoms with Gasteiger partial charge in [0.25, 0.3) is 0 Å². The second-order valence-electron chi connectivity index (χ2n) is 4.62. The van der Waals surface area contributed by atoms with Crippen LogP contribution in [0, 0.1) is 0 Å². The Kier molecular flexibility index (Phi) is 3.97. The first-order chi connectivity index (χ1) is 7.35. The van der Waals surface area contributed by atoms with Crippen LogP contribution in [-0.2, 0) is 4.74 Å². The second kappa shape index (κ2) is 5.25. The van der Waals surface area contributed by atoms with E-state index < -0.39 is 0 Å². The van der Waals surface area contributed by atoms with E-state index in [0.29, 0.717) is 0 Å². The summed E-state index contributed by atoms with van der Waals surface area (Å²) >= 11 is 0. The van der Waals surface area contributed by atoms with Crippen LogP contribution in [0.5, 0.6) is 0 Å². The minimum atomic E-state index is 0.733. The Hall–Kier alpha value is -0.160. The average Bonchev–Trinajstić information content (AvgIpc) is 2.49. The predicted octanol–water partition coefficient (Wildman–Crippen LogP) is 0.306. The number of hydrogen-bond donors (Lipinski definition) is 1. The van der Waals surface area contributed by atoms with Crippen molar-refractivity contribution in [2.45, 2.75) is 31.3 Å². The van der Waals surface area contributed by atoms with Gasteiger partial charge in [0, 0.05) is 45.4 Å². The van der Waals surface area contributed by atoms with E-state index in [2.05, 4.69) is 15.3 Å². The van der Waals surface area contributed by atoms with Crippen molar-refractivity contribution in [2.75, 3.05) is 40.4 Å². The van der Waals surface area contributed by atoms with Crippen molar-refractivity contribution >= 4 is 0 Å². The molecule has 0 aromatic carbocycles. The van der Waals surface area contributed by atoms with Crippen molar-refractivity contribution in [2.24, 2.45) is 0 Å². The lowest BCUT2D eigenvalue weighted by molar-refractivity contribution is 0.0301. The molecule has 2 fully saturated rings. The molecule has 0 saturated carbocycles. The van der Waals surface area contributed by atoms with Crippen LogP contribution < -0.4 is 5.43 Å². The van der Waals surface area contributed by atoms with Crippen LogP contribution in [0.25, 0.3) is 0 Å². The molecular weight excluding hydrogens is 190 g/mol. The van der Waals surface area contributed by atoms with E-state index in [-0.39, 0.29) is 0 Å². The van der Waals surface area contributed by atoms with Crippen LogP contribution >= 0.6 is 0 Å². The van der Waals surface area contributed by atoms with E-state index >= 15 is 0 Å². The number of methoxy groups -OCH3 is 1. The first-order valence-electron chi connectivity index (χ1n) is 6.02. The van der Waals surface area contributed by atoms with Crippen molar-refractivity contribution < 1.29 is 4.74 Å². The Morgan fingerprint density at radius 2 is 1.93 bits per heavy atom. The maximum absolute atomic E-state index is 5.10. The fourth-order valence-electron chi connectivity index (χ4n) is 2.97. The summed E-state index contributed by atoms with van der Waals surface area (Å²) < 4.78 is 5.10. The maximum atomic E-state index is 5.10. The molecule has 15 heavy (non-hydrogen) atoms. The molecule has 2 atom stereocenters. The van der Waals surface area contributed by atoms with Crippen LogP contribution in [-0.4, -0.2) is 62.4 Å². The molecule has 88 valence electrons. The lowest BCUT2D eigenvalue weighted by Gasteiger charge is -2.40. The molecule has 2 heterocycles. The number of piperazine rings is 1. The molecule has 0 aromatic rings. The second-order valence-corrected chi connectivity index (χ2v) is 4.62. The zero-order chi connectivity index (χ0) is 10.7. The van der Waals surface area contributed by atoms with Crippen LogP contribution in [0.15, 0.2) is 0 Å². The summed E-state index contributed by atoms with van der Waals surface area (Å²) in [5, 5.41) is 2.45. The molecule has 0 aliphatic carbocycles. The number of likely N-dealkylation sites (tertiary alicyclic amines) is 1. The highest BCUT2D eigenvalue weighted by atomic mass is 16.5. The fraction of sp³-hybridized carbons (Fsp3) is 1.00. The van der Waals surface area contributed by atoms with Gasteiger partial charge in [0.1, 0.15) is 0 Å². The Morgan fingerprint density at radius 3 is 2.47 bits per heavy atom. The molecule has 2 unspecified atom stereocenters. The number of hydrazine groups is 1. The van der Waals surface area contributed by atoms with Gasteiger partial charge in [-0.2, -0.15) is 0 Å². The number of nitrogens with one attached hydrogen (secondary N) is 1. The highest BCUT2D eigenvalue weighted by Crippen LogP contribution is 2.27. The summed E-state index contributed by atoms with van der Waals surface area (Å²) in [6.07, 6.45) is 3.87. The van der Waals surface area contributed by atoms with Crippen LogP contribution in [0.4, 0.5) is 0 Å². The number of hydrogen-bond acceptors (Lipinski definition) is 4. The third-order valence-corrected chi connectivity index (χ3v) is 3.64. The van der Waals surface area contributed by atoms with Gasteiger partial charge >= 0.3 is 0 Å². The Balaban J connectivity index is 1.78. The molecule has 1 N–H and O–H groups in total. The molecule has 2 rings (SSSR count). The summed E-state index contributed by atoms with van der Waals surface area (Å²) in [5.41, 5.74) is 3.34. The minimum Gasteiger partial charge on any atom is -0.385 e. The SMILES string of the molecule is CNN1C2CCC1CN(CCCOC)C2. The largest absolute Gasteiger partial charge is 0.385 e. The van der Waals surface area contributed by atoms with Crippen molar-refractivity contribution in [3.05, 3.63) is 0 Å². The lowest BCUT2D eigenvalue weighted by Crippen LogP contribution is -2.57. The van der Waals surface area contributed by atoms with E-state index in [1.54, 1.807) is 7.11 Å². The molecule has 2 aliphatic rings. The molecular formula is C11H23N3O. The standard InChI is InChI=1S/C11H23N3O/c1-12-14-10-4-5-11(14)9-13(8-10)6-3-7-15-2/h10-12H,3-9H2,1-2H3. The molecule has 4 nitrogen and oxygen atoms in total. The fourth-order valence-corrected chi connectivity index (χ4v) is 2.97.